The fraction of sp³-hybridized carbons (Fsp3) is 0.0769. The van der Waals surface area contributed by atoms with Crippen LogP contribution in [0.5, 0.6) is 0 Å². The Labute approximate surface area is 248 Å². The number of fused-ring (bicyclic) bond motifs is 6. The minimum absolute atomic E-state index is 0.0902. The Morgan fingerprint density at radius 2 is 1.15 bits per heavy atom. The fourth-order valence-corrected chi connectivity index (χ4v) is 7.36. The van der Waals surface area contributed by atoms with Crippen LogP contribution in [0.1, 0.15) is 25.0 Å². The van der Waals surface area contributed by atoms with Crippen LogP contribution in [0.3, 0.4) is 0 Å². The number of halogens is 1. The van der Waals surface area contributed by atoms with E-state index in [-0.39, 0.29) is 5.41 Å². The van der Waals surface area contributed by atoms with E-state index in [0.29, 0.717) is 0 Å². The molecule has 7 aromatic rings. The fourth-order valence-electron chi connectivity index (χ4n) is 6.96. The highest BCUT2D eigenvalue weighted by molar-refractivity contribution is 9.10. The molecule has 0 bridgehead atoms. The summed E-state index contributed by atoms with van der Waals surface area (Å²) in [6.45, 7) is 4.73. The summed E-state index contributed by atoms with van der Waals surface area (Å²) in [6.07, 6.45) is 0. The lowest BCUT2D eigenvalue weighted by Gasteiger charge is -2.25. The van der Waals surface area contributed by atoms with Gasteiger partial charge in [-0.25, -0.2) is 0 Å². The normalized spacial score (nSPS) is 13.4. The van der Waals surface area contributed by atoms with Gasteiger partial charge in [-0.15, -0.1) is 0 Å². The van der Waals surface area contributed by atoms with Crippen LogP contribution in [-0.2, 0) is 5.41 Å². The van der Waals surface area contributed by atoms with Gasteiger partial charge in [0.2, 0.25) is 0 Å². The summed E-state index contributed by atoms with van der Waals surface area (Å²) < 4.78 is 3.58. The highest BCUT2D eigenvalue weighted by Crippen LogP contribution is 2.51. The highest BCUT2D eigenvalue weighted by atomic mass is 79.9. The molecular formula is C39H28BrN. The van der Waals surface area contributed by atoms with Gasteiger partial charge in [0.25, 0.3) is 0 Å². The van der Waals surface area contributed by atoms with Crippen molar-refractivity contribution < 1.29 is 0 Å². The molecule has 0 fully saturated rings. The Balaban J connectivity index is 1.34. The summed E-state index contributed by atoms with van der Waals surface area (Å²) in [5.74, 6) is 0. The number of nitrogens with zero attached hydrogens (tertiary/aromatic N) is 1. The van der Waals surface area contributed by atoms with Crippen molar-refractivity contribution in [1.29, 1.82) is 0 Å². The van der Waals surface area contributed by atoms with Crippen LogP contribution in [0.4, 0.5) is 0 Å². The summed E-state index contributed by atoms with van der Waals surface area (Å²) in [7, 11) is 0. The molecule has 1 nitrogen and oxygen atoms in total. The molecule has 1 heterocycles. The molecule has 2 heteroatoms. The number of hydrogen-bond acceptors (Lipinski definition) is 0. The van der Waals surface area contributed by atoms with Crippen molar-refractivity contribution in [2.45, 2.75) is 19.3 Å². The second-order valence-electron chi connectivity index (χ2n) is 11.5. The van der Waals surface area contributed by atoms with Crippen LogP contribution in [0.15, 0.2) is 138 Å². The van der Waals surface area contributed by atoms with Crippen LogP contribution in [0, 0.1) is 0 Å². The van der Waals surface area contributed by atoms with E-state index in [9.17, 15) is 0 Å². The standard InChI is InChI=1S/C39H28BrN/c1-39(2)34-17-5-3-14-30(34)32-16-9-19-37(38(32)39)41-35-18-6-4-15-31(35)33-24-28(20-21-36(33)41)26-11-7-10-25(22-26)27-12-8-13-29(40)23-27/h3-24H,1-2H3. The molecule has 0 aliphatic heterocycles. The zero-order valence-electron chi connectivity index (χ0n) is 23.0. The van der Waals surface area contributed by atoms with Gasteiger partial charge in [0.1, 0.15) is 0 Å². The molecule has 8 rings (SSSR count). The van der Waals surface area contributed by atoms with E-state index in [1.54, 1.807) is 0 Å². The van der Waals surface area contributed by atoms with Crippen LogP contribution in [0.25, 0.3) is 60.9 Å². The summed E-state index contributed by atoms with van der Waals surface area (Å²) in [5.41, 5.74) is 14.0. The minimum atomic E-state index is -0.0902. The molecule has 1 aliphatic rings. The largest absolute Gasteiger partial charge is 0.309 e. The van der Waals surface area contributed by atoms with Gasteiger partial charge >= 0.3 is 0 Å². The van der Waals surface area contributed by atoms with Gasteiger partial charge in [0.05, 0.1) is 16.7 Å². The Morgan fingerprint density at radius 1 is 0.512 bits per heavy atom. The number of aromatic nitrogens is 1. The molecule has 0 saturated carbocycles. The molecule has 0 saturated heterocycles. The van der Waals surface area contributed by atoms with Gasteiger partial charge in [-0.2, -0.15) is 0 Å². The Hall–Kier alpha value is -4.40. The quantitative estimate of drug-likeness (QED) is 0.193. The lowest BCUT2D eigenvalue weighted by Crippen LogP contribution is -2.17. The maximum absolute atomic E-state index is 3.63. The molecule has 1 aliphatic carbocycles. The van der Waals surface area contributed by atoms with Crippen LogP contribution >= 0.6 is 15.9 Å². The van der Waals surface area contributed by atoms with Gasteiger partial charge in [-0.3, -0.25) is 0 Å². The third-order valence-corrected chi connectivity index (χ3v) is 9.32. The van der Waals surface area contributed by atoms with E-state index >= 15 is 0 Å². The molecule has 0 unspecified atom stereocenters. The summed E-state index contributed by atoms with van der Waals surface area (Å²) >= 11 is 3.63. The summed E-state index contributed by atoms with van der Waals surface area (Å²) in [5, 5.41) is 2.55. The van der Waals surface area contributed by atoms with Crippen LogP contribution < -0.4 is 0 Å². The second kappa shape index (κ2) is 9.06. The average molecular weight is 591 g/mol. The van der Waals surface area contributed by atoms with Gasteiger partial charge in [0, 0.05) is 20.7 Å². The molecule has 196 valence electrons. The van der Waals surface area contributed by atoms with Crippen LogP contribution in [0.2, 0.25) is 0 Å². The summed E-state index contributed by atoms with van der Waals surface area (Å²) in [4.78, 5) is 0. The van der Waals surface area contributed by atoms with Gasteiger partial charge in [-0.05, 0) is 87.0 Å². The number of hydrogen-bond donors (Lipinski definition) is 0. The van der Waals surface area contributed by atoms with E-state index in [1.807, 2.05) is 0 Å². The lowest BCUT2D eigenvalue weighted by atomic mass is 9.81. The van der Waals surface area contributed by atoms with Gasteiger partial charge in [0.15, 0.2) is 0 Å². The third-order valence-electron chi connectivity index (χ3n) is 8.83. The van der Waals surface area contributed by atoms with Crippen molar-refractivity contribution in [2.75, 3.05) is 0 Å². The maximum Gasteiger partial charge on any atom is 0.0541 e. The predicted octanol–water partition coefficient (Wildman–Crippen LogP) is 11.2. The molecule has 0 spiro atoms. The molecule has 0 atom stereocenters. The van der Waals surface area contributed by atoms with E-state index in [0.717, 1.165) is 4.47 Å². The van der Waals surface area contributed by atoms with Crippen LogP contribution in [-0.4, -0.2) is 4.57 Å². The molecular weight excluding hydrogens is 562 g/mol. The lowest BCUT2D eigenvalue weighted by molar-refractivity contribution is 0.656. The number of para-hydroxylation sites is 1. The van der Waals surface area contributed by atoms with E-state index in [4.69, 9.17) is 0 Å². The minimum Gasteiger partial charge on any atom is -0.309 e. The zero-order valence-corrected chi connectivity index (χ0v) is 24.6. The summed E-state index contributed by atoms with van der Waals surface area (Å²) in [6, 6.07) is 48.8. The Bertz CT molecular complexity index is 2150. The molecule has 0 N–H and O–H groups in total. The van der Waals surface area contributed by atoms with Crippen molar-refractivity contribution in [3.8, 4) is 39.1 Å². The molecule has 0 amide bonds. The second-order valence-corrected chi connectivity index (χ2v) is 12.5. The van der Waals surface area contributed by atoms with Crippen molar-refractivity contribution in [3.05, 3.63) is 149 Å². The Morgan fingerprint density at radius 3 is 1.98 bits per heavy atom. The van der Waals surface area contributed by atoms with E-state index < -0.39 is 0 Å². The molecule has 1 aromatic heterocycles. The number of rotatable bonds is 3. The molecule has 41 heavy (non-hydrogen) atoms. The first-order valence-corrected chi connectivity index (χ1v) is 14.9. The Kier molecular flexibility index (Phi) is 5.39. The first kappa shape index (κ1) is 24.4. The van der Waals surface area contributed by atoms with Gasteiger partial charge in [-0.1, -0.05) is 121 Å². The van der Waals surface area contributed by atoms with E-state index in [1.165, 1.54) is 72.0 Å². The molecule has 6 aromatic carbocycles. The molecule has 0 radical (unpaired) electrons. The van der Waals surface area contributed by atoms with E-state index in [2.05, 4.69) is 168 Å². The average Bonchev–Trinajstić information content (AvgIpc) is 3.46. The number of benzene rings is 6. The van der Waals surface area contributed by atoms with Crippen molar-refractivity contribution in [2.24, 2.45) is 0 Å². The van der Waals surface area contributed by atoms with Crippen molar-refractivity contribution in [3.63, 3.8) is 0 Å². The topological polar surface area (TPSA) is 4.93 Å². The first-order chi connectivity index (χ1) is 20.0. The monoisotopic (exact) mass is 589 g/mol. The highest BCUT2D eigenvalue weighted by Gasteiger charge is 2.37. The van der Waals surface area contributed by atoms with Crippen molar-refractivity contribution in [1.82, 2.24) is 4.57 Å². The smallest absolute Gasteiger partial charge is 0.0541 e. The van der Waals surface area contributed by atoms with Crippen molar-refractivity contribution >= 4 is 37.7 Å². The maximum atomic E-state index is 3.63. The van der Waals surface area contributed by atoms with Gasteiger partial charge < -0.3 is 4.57 Å². The third kappa shape index (κ3) is 3.67. The zero-order chi connectivity index (χ0) is 27.7. The predicted molar refractivity (Wildman–Crippen MR) is 177 cm³/mol. The first-order valence-electron chi connectivity index (χ1n) is 14.1. The SMILES string of the molecule is CC1(C)c2ccccc2-c2cccc(-n3c4ccccc4c4cc(-c5cccc(-c6cccc(Br)c6)c5)ccc43)c21.